The largest absolute Gasteiger partial charge is 0.508 e. The van der Waals surface area contributed by atoms with Gasteiger partial charge in [0.05, 0.1) is 24.5 Å². The fourth-order valence-corrected chi connectivity index (χ4v) is 7.35. The average Bonchev–Trinajstić information content (AvgIpc) is 3.70. The lowest BCUT2D eigenvalue weighted by molar-refractivity contribution is -0.268. The number of nitrogens with zero attached hydrogens (tertiary/aromatic N) is 4. The van der Waals surface area contributed by atoms with Gasteiger partial charge in [0.15, 0.2) is 29.6 Å². The summed E-state index contributed by atoms with van der Waals surface area (Å²) in [5.41, 5.74) is 3.37. The predicted molar refractivity (Wildman–Crippen MR) is 194 cm³/mol. The predicted octanol–water partition coefficient (Wildman–Crippen LogP) is 7.74. The summed E-state index contributed by atoms with van der Waals surface area (Å²) in [5, 5.41) is 34.3. The molecule has 3 N–H and O–H groups in total. The van der Waals surface area contributed by atoms with Crippen molar-refractivity contribution in [3.8, 4) is 22.6 Å². The molecule has 1 aliphatic heterocycles. The van der Waals surface area contributed by atoms with Crippen LogP contribution in [0.25, 0.3) is 16.8 Å². The molecule has 0 aliphatic carbocycles. The number of hydrogen-bond donors (Lipinski definition) is 3. The minimum atomic E-state index is -2.35. The van der Waals surface area contributed by atoms with E-state index in [2.05, 4.69) is 20.8 Å². The number of phenols is 1. The number of halogens is 5. The van der Waals surface area contributed by atoms with Crippen molar-refractivity contribution in [2.75, 3.05) is 5.75 Å². The van der Waals surface area contributed by atoms with Crippen molar-refractivity contribution in [3.05, 3.63) is 154 Å². The number of phenolic OH excluding ortho intramolecular Hbond substituents is 1. The average molecular weight is 790 g/mol. The summed E-state index contributed by atoms with van der Waals surface area (Å²) in [6, 6.07) is 28.3. The van der Waals surface area contributed by atoms with E-state index in [0.717, 1.165) is 16.7 Å². The van der Waals surface area contributed by atoms with Gasteiger partial charge in [-0.25, -0.2) is 22.0 Å². The highest BCUT2D eigenvalue weighted by molar-refractivity contribution is 7.99. The lowest BCUT2D eigenvalue weighted by atomic mass is 9.91. The van der Waals surface area contributed by atoms with Crippen LogP contribution in [0, 0.1) is 35.0 Å². The number of hydrogen-bond acceptors (Lipinski definition) is 9. The minimum absolute atomic E-state index is 0.103. The second-order valence-electron chi connectivity index (χ2n) is 13.0. The first-order chi connectivity index (χ1) is 27.0. The van der Waals surface area contributed by atoms with Gasteiger partial charge in [-0.05, 0) is 74.6 Å². The summed E-state index contributed by atoms with van der Waals surface area (Å²) in [4.78, 5) is 12.6. The molecular weight excluding hydrogens is 758 g/mol. The minimum Gasteiger partial charge on any atom is -0.508 e. The maximum Gasteiger partial charge on any atom is 0.257 e. The van der Waals surface area contributed by atoms with Gasteiger partial charge in [0.1, 0.15) is 11.3 Å². The molecule has 10 nitrogen and oxygen atoms in total. The molecule has 7 rings (SSSR count). The molecule has 0 bridgehead atoms. The summed E-state index contributed by atoms with van der Waals surface area (Å²) in [7, 11) is 0. The number of aromatic hydroxyl groups is 1. The van der Waals surface area contributed by atoms with E-state index in [1.807, 2.05) is 61.5 Å². The molecule has 0 saturated carbocycles. The smallest absolute Gasteiger partial charge is 0.257 e. The van der Waals surface area contributed by atoms with Crippen molar-refractivity contribution < 1.29 is 46.4 Å². The van der Waals surface area contributed by atoms with Gasteiger partial charge < -0.3 is 25.0 Å². The van der Waals surface area contributed by atoms with E-state index in [9.17, 15) is 37.0 Å². The summed E-state index contributed by atoms with van der Waals surface area (Å²) >= 11 is 1.40. The number of rotatable bonds is 11. The Hall–Kier alpha value is -5.68. The molecule has 4 atom stereocenters. The van der Waals surface area contributed by atoms with Crippen LogP contribution < -0.4 is 5.32 Å². The number of aliphatic hydroxyl groups excluding tert-OH is 1. The monoisotopic (exact) mass is 789 g/mol. The quantitative estimate of drug-likeness (QED) is 0.0522. The van der Waals surface area contributed by atoms with Crippen molar-refractivity contribution in [1.82, 2.24) is 25.5 Å². The third kappa shape index (κ3) is 8.00. The van der Waals surface area contributed by atoms with E-state index in [-0.39, 0.29) is 30.9 Å². The Morgan fingerprint density at radius 2 is 1.46 bits per heavy atom. The van der Waals surface area contributed by atoms with E-state index in [1.165, 1.54) is 11.8 Å². The Morgan fingerprint density at radius 1 is 0.804 bits per heavy atom. The maximum absolute atomic E-state index is 14.2. The van der Waals surface area contributed by atoms with E-state index in [4.69, 9.17) is 9.47 Å². The maximum atomic E-state index is 14.2. The number of thioether (sulfide) groups is 1. The molecular formula is C40H32F5N5O5S. The van der Waals surface area contributed by atoms with E-state index < -0.39 is 53.0 Å². The SMILES string of the molecule is C[C@@H]1[C@H](CSc2nnnn2-c2ccc(O)cc2)O[C@H](c2cccc(-c3cccc(CNC(=O)c4c(F)c(F)c(F)c(F)c4F)c3)c2)O[C@@H]1c1ccc(CO)cc1. The van der Waals surface area contributed by atoms with Gasteiger partial charge in [-0.15, -0.1) is 5.10 Å². The normalized spacial score (nSPS) is 18.2. The molecule has 0 spiro atoms. The number of amides is 1. The van der Waals surface area contributed by atoms with E-state index in [0.29, 0.717) is 33.3 Å². The van der Waals surface area contributed by atoms with Gasteiger partial charge >= 0.3 is 0 Å². The van der Waals surface area contributed by atoms with Crippen LogP contribution in [0.1, 0.15) is 51.9 Å². The zero-order valence-corrected chi connectivity index (χ0v) is 30.2. The van der Waals surface area contributed by atoms with Crippen LogP contribution in [-0.2, 0) is 22.6 Å². The van der Waals surface area contributed by atoms with Gasteiger partial charge in [0.25, 0.3) is 5.91 Å². The van der Waals surface area contributed by atoms with Gasteiger partial charge in [-0.3, -0.25) is 4.79 Å². The second kappa shape index (κ2) is 16.6. The van der Waals surface area contributed by atoms with Crippen molar-refractivity contribution in [2.24, 2.45) is 5.92 Å². The fourth-order valence-electron chi connectivity index (χ4n) is 6.29. The first-order valence-corrected chi connectivity index (χ1v) is 18.2. The van der Waals surface area contributed by atoms with Crippen LogP contribution in [0.5, 0.6) is 5.75 Å². The fraction of sp³-hybridized carbons (Fsp3) is 0.200. The molecule has 5 aromatic carbocycles. The highest BCUT2D eigenvalue weighted by Gasteiger charge is 2.39. The number of carbonyl (C=O) groups is 1. The molecule has 1 amide bonds. The highest BCUT2D eigenvalue weighted by atomic mass is 32.2. The summed E-state index contributed by atoms with van der Waals surface area (Å²) in [5.74, 6) is -12.2. The zero-order chi connectivity index (χ0) is 39.5. The molecule has 1 saturated heterocycles. The number of carbonyl (C=O) groups excluding carboxylic acids is 1. The summed E-state index contributed by atoms with van der Waals surface area (Å²) in [6.45, 7) is 1.65. The van der Waals surface area contributed by atoms with Crippen LogP contribution >= 0.6 is 11.8 Å². The van der Waals surface area contributed by atoms with Crippen LogP contribution in [0.15, 0.2) is 102 Å². The van der Waals surface area contributed by atoms with Gasteiger partial charge in [0.2, 0.25) is 11.0 Å². The second-order valence-corrected chi connectivity index (χ2v) is 14.0. The molecule has 1 aromatic heterocycles. The molecule has 288 valence electrons. The Labute approximate surface area is 320 Å². The standard InChI is InChI=1S/C40H32F5N5O5S/c1-21-30(20-56-40-47-48-49-50(40)28-12-14-29(52)15-13-28)54-39(55-37(21)24-10-8-22(19-51)9-11-24)27-7-3-6-26(17-27)25-5-2-4-23(16-25)18-46-38(53)31-32(41)34(43)36(45)35(44)33(31)42/h2-17,21,30,37,39,51-52H,18-20H2,1H3,(H,46,53)/t21-,30+,37+,39+/m1/s1. The highest BCUT2D eigenvalue weighted by Crippen LogP contribution is 2.43. The molecule has 1 fully saturated rings. The number of ether oxygens (including phenoxy) is 2. The zero-order valence-electron chi connectivity index (χ0n) is 29.4. The third-order valence-electron chi connectivity index (χ3n) is 9.34. The Kier molecular flexibility index (Phi) is 11.4. The third-order valence-corrected chi connectivity index (χ3v) is 10.4. The van der Waals surface area contributed by atoms with Crippen LogP contribution in [0.2, 0.25) is 0 Å². The Balaban J connectivity index is 1.11. The van der Waals surface area contributed by atoms with Gasteiger partial charge in [0, 0.05) is 23.8 Å². The molecule has 56 heavy (non-hydrogen) atoms. The summed E-state index contributed by atoms with van der Waals surface area (Å²) in [6.07, 6.45) is -1.59. The number of aromatic nitrogens is 4. The van der Waals surface area contributed by atoms with Crippen molar-refractivity contribution in [2.45, 2.75) is 43.7 Å². The van der Waals surface area contributed by atoms with E-state index >= 15 is 0 Å². The molecule has 2 heterocycles. The van der Waals surface area contributed by atoms with Gasteiger partial charge in [-0.1, -0.05) is 79.3 Å². The molecule has 0 unspecified atom stereocenters. The van der Waals surface area contributed by atoms with Crippen molar-refractivity contribution in [3.63, 3.8) is 0 Å². The molecule has 1 aliphatic rings. The number of nitrogens with one attached hydrogen (secondary N) is 1. The first kappa shape index (κ1) is 38.6. The van der Waals surface area contributed by atoms with Crippen LogP contribution in [0.3, 0.4) is 0 Å². The topological polar surface area (TPSA) is 132 Å². The van der Waals surface area contributed by atoms with Crippen LogP contribution in [-0.4, -0.2) is 48.2 Å². The number of aliphatic hydroxyl groups is 1. The Morgan fingerprint density at radius 3 is 2.16 bits per heavy atom. The Bertz CT molecular complexity index is 2340. The van der Waals surface area contributed by atoms with E-state index in [1.54, 1.807) is 47.1 Å². The number of tetrazole rings is 1. The van der Waals surface area contributed by atoms with Crippen molar-refractivity contribution in [1.29, 1.82) is 0 Å². The first-order valence-electron chi connectivity index (χ1n) is 17.2. The summed E-state index contributed by atoms with van der Waals surface area (Å²) < 4.78 is 84.2. The lowest BCUT2D eigenvalue weighted by Gasteiger charge is -2.41. The lowest BCUT2D eigenvalue weighted by Crippen LogP contribution is -2.38. The van der Waals surface area contributed by atoms with Gasteiger partial charge in [-0.2, -0.15) is 4.68 Å². The van der Waals surface area contributed by atoms with Crippen LogP contribution in [0.4, 0.5) is 22.0 Å². The number of benzene rings is 5. The van der Waals surface area contributed by atoms with Crippen molar-refractivity contribution >= 4 is 17.7 Å². The molecule has 16 heteroatoms. The molecule has 6 aromatic rings. The molecule has 0 radical (unpaired) electrons.